The Morgan fingerprint density at radius 1 is 1.37 bits per heavy atom. The van der Waals surface area contributed by atoms with Gasteiger partial charge in [0.2, 0.25) is 5.76 Å². The summed E-state index contributed by atoms with van der Waals surface area (Å²) >= 11 is 0. The van der Waals surface area contributed by atoms with E-state index in [0.717, 1.165) is 27.7 Å². The number of H-pyrrole nitrogens is 1. The van der Waals surface area contributed by atoms with Crippen molar-refractivity contribution in [3.63, 3.8) is 0 Å². The molecule has 0 bridgehead atoms. The zero-order valence-corrected chi connectivity index (χ0v) is 10.5. The molecule has 3 rings (SSSR count). The van der Waals surface area contributed by atoms with Crippen molar-refractivity contribution in [1.29, 1.82) is 0 Å². The summed E-state index contributed by atoms with van der Waals surface area (Å²) in [5, 5.41) is 13.7. The number of carbonyl (C=O) groups is 1. The van der Waals surface area contributed by atoms with Crippen LogP contribution < -0.4 is 0 Å². The molecule has 0 spiro atoms. The van der Waals surface area contributed by atoms with Gasteiger partial charge in [-0.25, -0.2) is 4.79 Å². The fraction of sp³-hybridized carbons (Fsp3) is 0.143. The van der Waals surface area contributed by atoms with Crippen molar-refractivity contribution in [1.82, 2.24) is 10.1 Å². The standard InChI is InChI=1S/C14H12N2O3/c1-7-4-3-5-9-12(8(2)15-13(7)9)10-6-11(14(17)18)19-16-10/h3-6,15H,1-2H3,(H,17,18). The highest BCUT2D eigenvalue weighted by atomic mass is 16.5. The molecule has 3 aromatic rings. The number of hydrogen-bond acceptors (Lipinski definition) is 3. The second-order valence-corrected chi connectivity index (χ2v) is 4.50. The van der Waals surface area contributed by atoms with Crippen molar-refractivity contribution in [2.75, 3.05) is 0 Å². The van der Waals surface area contributed by atoms with E-state index < -0.39 is 5.97 Å². The molecule has 2 heterocycles. The van der Waals surface area contributed by atoms with E-state index in [0.29, 0.717) is 5.69 Å². The first kappa shape index (κ1) is 11.5. The maximum atomic E-state index is 10.8. The molecule has 2 aromatic heterocycles. The highest BCUT2D eigenvalue weighted by molar-refractivity contribution is 5.98. The smallest absolute Gasteiger partial charge is 0.374 e. The van der Waals surface area contributed by atoms with Gasteiger partial charge in [0.05, 0.1) is 0 Å². The number of aryl methyl sites for hydroxylation is 2. The molecule has 1 aromatic carbocycles. The Bertz CT molecular complexity index is 783. The van der Waals surface area contributed by atoms with Crippen LogP contribution in [0.3, 0.4) is 0 Å². The molecule has 0 aliphatic rings. The number of aromatic nitrogens is 2. The number of hydrogen-bond donors (Lipinski definition) is 2. The first-order valence-corrected chi connectivity index (χ1v) is 5.86. The summed E-state index contributed by atoms with van der Waals surface area (Å²) in [6.45, 7) is 3.96. The third-order valence-corrected chi connectivity index (χ3v) is 3.21. The number of carboxylic acids is 1. The number of para-hydroxylation sites is 1. The van der Waals surface area contributed by atoms with Crippen LogP contribution in [0.25, 0.3) is 22.2 Å². The molecule has 0 aliphatic carbocycles. The third kappa shape index (κ3) is 1.71. The molecule has 5 heteroatoms. The van der Waals surface area contributed by atoms with Crippen LogP contribution in [-0.2, 0) is 0 Å². The second-order valence-electron chi connectivity index (χ2n) is 4.50. The molecule has 0 saturated carbocycles. The quantitative estimate of drug-likeness (QED) is 0.738. The molecule has 19 heavy (non-hydrogen) atoms. The highest BCUT2D eigenvalue weighted by Gasteiger charge is 2.18. The maximum Gasteiger partial charge on any atom is 0.374 e. The van der Waals surface area contributed by atoms with Crippen molar-refractivity contribution in [3.05, 3.63) is 41.3 Å². The van der Waals surface area contributed by atoms with Crippen LogP contribution in [0, 0.1) is 13.8 Å². The zero-order valence-electron chi connectivity index (χ0n) is 10.5. The Morgan fingerprint density at radius 2 is 2.16 bits per heavy atom. The second kappa shape index (κ2) is 3.98. The number of nitrogens with zero attached hydrogens (tertiary/aromatic N) is 1. The van der Waals surface area contributed by atoms with Crippen LogP contribution in [-0.4, -0.2) is 21.2 Å². The Balaban J connectivity index is 2.26. The lowest BCUT2D eigenvalue weighted by molar-refractivity contribution is 0.0652. The molecule has 5 nitrogen and oxygen atoms in total. The van der Waals surface area contributed by atoms with Gasteiger partial charge in [-0.3, -0.25) is 0 Å². The van der Waals surface area contributed by atoms with Gasteiger partial charge in [0.1, 0.15) is 5.69 Å². The molecular formula is C14H12N2O3. The van der Waals surface area contributed by atoms with Crippen LogP contribution in [0.5, 0.6) is 0 Å². The molecule has 0 unspecified atom stereocenters. The predicted molar refractivity (Wildman–Crippen MR) is 70.2 cm³/mol. The van der Waals surface area contributed by atoms with Crippen molar-refractivity contribution in [2.24, 2.45) is 0 Å². The number of rotatable bonds is 2. The first-order valence-electron chi connectivity index (χ1n) is 5.86. The van der Waals surface area contributed by atoms with E-state index in [1.165, 1.54) is 6.07 Å². The van der Waals surface area contributed by atoms with Crippen LogP contribution in [0.4, 0.5) is 0 Å². The molecule has 2 N–H and O–H groups in total. The van der Waals surface area contributed by atoms with Crippen LogP contribution in [0.15, 0.2) is 28.8 Å². The van der Waals surface area contributed by atoms with Gasteiger partial charge in [-0.1, -0.05) is 23.4 Å². The summed E-state index contributed by atoms with van der Waals surface area (Å²) in [6, 6.07) is 7.41. The predicted octanol–water partition coefficient (Wildman–Crippen LogP) is 3.14. The SMILES string of the molecule is Cc1[nH]c2c(C)cccc2c1-c1cc(C(=O)O)on1. The number of benzene rings is 1. The molecule has 96 valence electrons. The van der Waals surface area contributed by atoms with Gasteiger partial charge in [0, 0.05) is 28.2 Å². The average molecular weight is 256 g/mol. The molecule has 0 saturated heterocycles. The van der Waals surface area contributed by atoms with E-state index >= 15 is 0 Å². The normalized spacial score (nSPS) is 11.1. The minimum atomic E-state index is -1.12. The van der Waals surface area contributed by atoms with Gasteiger partial charge in [-0.2, -0.15) is 0 Å². The van der Waals surface area contributed by atoms with E-state index in [4.69, 9.17) is 9.63 Å². The lowest BCUT2D eigenvalue weighted by atomic mass is 10.1. The largest absolute Gasteiger partial charge is 0.475 e. The zero-order chi connectivity index (χ0) is 13.6. The summed E-state index contributed by atoms with van der Waals surface area (Å²) in [4.78, 5) is 14.1. The van der Waals surface area contributed by atoms with Crippen LogP contribution in [0.1, 0.15) is 21.8 Å². The van der Waals surface area contributed by atoms with Crippen molar-refractivity contribution in [2.45, 2.75) is 13.8 Å². The maximum absolute atomic E-state index is 10.8. The van der Waals surface area contributed by atoms with Gasteiger partial charge in [0.25, 0.3) is 0 Å². The average Bonchev–Trinajstić information content (AvgIpc) is 2.93. The third-order valence-electron chi connectivity index (χ3n) is 3.21. The number of carboxylic acid groups (broad SMARTS) is 1. The van der Waals surface area contributed by atoms with E-state index in [-0.39, 0.29) is 5.76 Å². The minimum absolute atomic E-state index is 0.156. The van der Waals surface area contributed by atoms with E-state index in [2.05, 4.69) is 10.1 Å². The summed E-state index contributed by atoms with van der Waals surface area (Å²) < 4.78 is 4.82. The van der Waals surface area contributed by atoms with Crippen molar-refractivity contribution in [3.8, 4) is 11.3 Å². The van der Waals surface area contributed by atoms with Crippen molar-refractivity contribution >= 4 is 16.9 Å². The minimum Gasteiger partial charge on any atom is -0.475 e. The van der Waals surface area contributed by atoms with E-state index in [1.54, 1.807) is 0 Å². The van der Waals surface area contributed by atoms with Gasteiger partial charge in [-0.05, 0) is 19.4 Å². The molecule has 0 aliphatic heterocycles. The molecule has 0 atom stereocenters. The summed E-state index contributed by atoms with van der Waals surface area (Å²) in [5.74, 6) is -1.27. The topological polar surface area (TPSA) is 79.1 Å². The number of aromatic carboxylic acids is 1. The van der Waals surface area contributed by atoms with Gasteiger partial charge < -0.3 is 14.6 Å². The van der Waals surface area contributed by atoms with Crippen LogP contribution in [0.2, 0.25) is 0 Å². The lowest BCUT2D eigenvalue weighted by Crippen LogP contribution is -1.91. The summed E-state index contributed by atoms with van der Waals surface area (Å²) in [5.41, 5.74) is 4.53. The van der Waals surface area contributed by atoms with Gasteiger partial charge >= 0.3 is 5.97 Å². The fourth-order valence-electron chi connectivity index (χ4n) is 2.32. The molecule has 0 amide bonds. The summed E-state index contributed by atoms with van der Waals surface area (Å²) in [6.07, 6.45) is 0. The number of aromatic amines is 1. The first-order chi connectivity index (χ1) is 9.08. The van der Waals surface area contributed by atoms with E-state index in [1.807, 2.05) is 32.0 Å². The highest BCUT2D eigenvalue weighted by Crippen LogP contribution is 2.32. The Kier molecular flexibility index (Phi) is 2.41. The Labute approximate surface area is 108 Å². The van der Waals surface area contributed by atoms with Gasteiger partial charge in [0.15, 0.2) is 0 Å². The Morgan fingerprint density at radius 3 is 2.84 bits per heavy atom. The molecule has 0 radical (unpaired) electrons. The fourth-order valence-corrected chi connectivity index (χ4v) is 2.32. The van der Waals surface area contributed by atoms with Crippen LogP contribution >= 0.6 is 0 Å². The molecular weight excluding hydrogens is 244 g/mol. The lowest BCUT2D eigenvalue weighted by Gasteiger charge is -1.96. The number of fused-ring (bicyclic) bond motifs is 1. The van der Waals surface area contributed by atoms with Crippen molar-refractivity contribution < 1.29 is 14.4 Å². The van der Waals surface area contributed by atoms with Gasteiger partial charge in [-0.15, -0.1) is 0 Å². The summed E-state index contributed by atoms with van der Waals surface area (Å²) in [7, 11) is 0. The number of nitrogens with one attached hydrogen (secondary N) is 1. The van der Waals surface area contributed by atoms with E-state index in [9.17, 15) is 4.79 Å². The molecule has 0 fully saturated rings. The monoisotopic (exact) mass is 256 g/mol. The Hall–Kier alpha value is -2.56.